The SMILES string of the molecule is CNC[C@@H](C)CCS(C)(=O)=O. The van der Waals surface area contributed by atoms with Gasteiger partial charge in [-0.15, -0.1) is 0 Å². The summed E-state index contributed by atoms with van der Waals surface area (Å²) < 4.78 is 21.4. The Balaban J connectivity index is 3.54. The van der Waals surface area contributed by atoms with Crippen LogP contribution in [-0.4, -0.2) is 34.0 Å². The maximum Gasteiger partial charge on any atom is 0.147 e. The van der Waals surface area contributed by atoms with Crippen molar-refractivity contribution in [2.75, 3.05) is 25.6 Å². The topological polar surface area (TPSA) is 46.2 Å². The maximum atomic E-state index is 10.7. The molecule has 0 amide bonds. The van der Waals surface area contributed by atoms with Gasteiger partial charge < -0.3 is 5.32 Å². The number of nitrogens with one attached hydrogen (secondary N) is 1. The second-order valence-electron chi connectivity index (χ2n) is 3.08. The van der Waals surface area contributed by atoms with Crippen LogP contribution < -0.4 is 5.32 Å². The fraction of sp³-hybridized carbons (Fsp3) is 1.00. The predicted octanol–water partition coefficient (Wildman–Crippen LogP) is 0.277. The summed E-state index contributed by atoms with van der Waals surface area (Å²) in [5.41, 5.74) is 0. The summed E-state index contributed by atoms with van der Waals surface area (Å²) in [5, 5.41) is 3.01. The van der Waals surface area contributed by atoms with Crippen molar-refractivity contribution in [1.29, 1.82) is 0 Å². The molecule has 11 heavy (non-hydrogen) atoms. The first-order valence-electron chi connectivity index (χ1n) is 3.78. The summed E-state index contributed by atoms with van der Waals surface area (Å²) in [6.07, 6.45) is 2.03. The van der Waals surface area contributed by atoms with Crippen LogP contribution in [0.4, 0.5) is 0 Å². The molecule has 0 fully saturated rings. The minimum atomic E-state index is -2.77. The van der Waals surface area contributed by atoms with E-state index in [1.807, 2.05) is 14.0 Å². The average Bonchev–Trinajstić information content (AvgIpc) is 1.83. The first-order chi connectivity index (χ1) is 4.95. The molecule has 0 saturated carbocycles. The van der Waals surface area contributed by atoms with Gasteiger partial charge in [0.15, 0.2) is 0 Å². The molecule has 0 rings (SSSR count). The van der Waals surface area contributed by atoms with E-state index in [2.05, 4.69) is 5.32 Å². The molecule has 68 valence electrons. The van der Waals surface area contributed by atoms with Gasteiger partial charge in [-0.2, -0.15) is 0 Å². The highest BCUT2D eigenvalue weighted by molar-refractivity contribution is 7.90. The van der Waals surface area contributed by atoms with Gasteiger partial charge in [-0.1, -0.05) is 6.92 Å². The van der Waals surface area contributed by atoms with Crippen molar-refractivity contribution in [2.45, 2.75) is 13.3 Å². The highest BCUT2D eigenvalue weighted by atomic mass is 32.2. The number of hydrogen-bond acceptors (Lipinski definition) is 3. The van der Waals surface area contributed by atoms with E-state index in [0.29, 0.717) is 11.7 Å². The molecule has 1 N–H and O–H groups in total. The van der Waals surface area contributed by atoms with Crippen LogP contribution in [-0.2, 0) is 9.84 Å². The van der Waals surface area contributed by atoms with Gasteiger partial charge in [0.2, 0.25) is 0 Å². The summed E-state index contributed by atoms with van der Waals surface area (Å²) in [4.78, 5) is 0. The van der Waals surface area contributed by atoms with Gasteiger partial charge in [0.25, 0.3) is 0 Å². The lowest BCUT2D eigenvalue weighted by atomic mass is 10.1. The third-order valence-corrected chi connectivity index (χ3v) is 2.51. The third kappa shape index (κ3) is 7.81. The van der Waals surface area contributed by atoms with Crippen molar-refractivity contribution in [3.05, 3.63) is 0 Å². The molecule has 0 bridgehead atoms. The molecule has 0 heterocycles. The lowest BCUT2D eigenvalue weighted by Crippen LogP contribution is -2.18. The molecule has 0 aliphatic carbocycles. The molecular formula is C7H17NO2S. The Hall–Kier alpha value is -0.0900. The van der Waals surface area contributed by atoms with E-state index in [9.17, 15) is 8.42 Å². The third-order valence-electron chi connectivity index (χ3n) is 1.53. The molecule has 0 radical (unpaired) electrons. The summed E-state index contributed by atoms with van der Waals surface area (Å²) in [5.74, 6) is 0.741. The summed E-state index contributed by atoms with van der Waals surface area (Å²) in [7, 11) is -0.893. The van der Waals surface area contributed by atoms with Crippen molar-refractivity contribution in [3.8, 4) is 0 Å². The average molecular weight is 179 g/mol. The first kappa shape index (κ1) is 10.9. The van der Waals surface area contributed by atoms with E-state index >= 15 is 0 Å². The fourth-order valence-electron chi connectivity index (χ4n) is 0.866. The van der Waals surface area contributed by atoms with Crippen LogP contribution in [0.25, 0.3) is 0 Å². The van der Waals surface area contributed by atoms with E-state index in [-0.39, 0.29) is 0 Å². The van der Waals surface area contributed by atoms with E-state index in [1.165, 1.54) is 6.26 Å². The number of rotatable bonds is 5. The first-order valence-corrected chi connectivity index (χ1v) is 5.84. The van der Waals surface area contributed by atoms with Gasteiger partial charge in [-0.3, -0.25) is 0 Å². The Morgan fingerprint density at radius 1 is 1.45 bits per heavy atom. The zero-order chi connectivity index (χ0) is 8.91. The lowest BCUT2D eigenvalue weighted by Gasteiger charge is -2.08. The Morgan fingerprint density at radius 3 is 2.36 bits per heavy atom. The van der Waals surface area contributed by atoms with E-state index in [0.717, 1.165) is 13.0 Å². The molecular weight excluding hydrogens is 162 g/mol. The van der Waals surface area contributed by atoms with Crippen LogP contribution in [0.2, 0.25) is 0 Å². The fourth-order valence-corrected chi connectivity index (χ4v) is 1.70. The minimum Gasteiger partial charge on any atom is -0.319 e. The molecule has 0 aliphatic rings. The van der Waals surface area contributed by atoms with Gasteiger partial charge in [0.05, 0.1) is 5.75 Å². The van der Waals surface area contributed by atoms with Gasteiger partial charge in [0, 0.05) is 6.26 Å². The zero-order valence-corrected chi connectivity index (χ0v) is 8.24. The van der Waals surface area contributed by atoms with Gasteiger partial charge in [-0.25, -0.2) is 8.42 Å². The predicted molar refractivity (Wildman–Crippen MR) is 47.4 cm³/mol. The van der Waals surface area contributed by atoms with Gasteiger partial charge in [-0.05, 0) is 25.9 Å². The molecule has 4 heteroatoms. The largest absolute Gasteiger partial charge is 0.319 e. The highest BCUT2D eigenvalue weighted by Gasteiger charge is 2.06. The van der Waals surface area contributed by atoms with Gasteiger partial charge in [0.1, 0.15) is 9.84 Å². The molecule has 0 saturated heterocycles. The van der Waals surface area contributed by atoms with Crippen LogP contribution >= 0.6 is 0 Å². The Kier molecular flexibility index (Phi) is 4.68. The maximum absolute atomic E-state index is 10.7. The monoisotopic (exact) mass is 179 g/mol. The van der Waals surface area contributed by atoms with Crippen LogP contribution in [0.15, 0.2) is 0 Å². The molecule has 0 aromatic rings. The Bertz CT molecular complexity index is 187. The standard InChI is InChI=1S/C7H17NO2S/c1-7(6-8-2)4-5-11(3,9)10/h7-8H,4-6H2,1-3H3/t7-/m0/s1. The minimum absolute atomic E-state index is 0.301. The zero-order valence-electron chi connectivity index (χ0n) is 7.42. The molecule has 0 spiro atoms. The highest BCUT2D eigenvalue weighted by Crippen LogP contribution is 2.01. The lowest BCUT2D eigenvalue weighted by molar-refractivity contribution is 0.521. The van der Waals surface area contributed by atoms with Crippen LogP contribution in [0.5, 0.6) is 0 Å². The second-order valence-corrected chi connectivity index (χ2v) is 5.34. The second kappa shape index (κ2) is 4.72. The van der Waals surface area contributed by atoms with Crippen molar-refractivity contribution >= 4 is 9.84 Å². The van der Waals surface area contributed by atoms with Crippen LogP contribution in [0.3, 0.4) is 0 Å². The van der Waals surface area contributed by atoms with E-state index in [4.69, 9.17) is 0 Å². The Labute approximate surface area is 69.1 Å². The molecule has 0 unspecified atom stereocenters. The van der Waals surface area contributed by atoms with Crippen LogP contribution in [0, 0.1) is 5.92 Å². The van der Waals surface area contributed by atoms with Crippen LogP contribution in [0.1, 0.15) is 13.3 Å². The van der Waals surface area contributed by atoms with Crippen molar-refractivity contribution < 1.29 is 8.42 Å². The van der Waals surface area contributed by atoms with Crippen molar-refractivity contribution in [1.82, 2.24) is 5.32 Å². The molecule has 3 nitrogen and oxygen atoms in total. The quantitative estimate of drug-likeness (QED) is 0.659. The van der Waals surface area contributed by atoms with Crippen molar-refractivity contribution in [2.24, 2.45) is 5.92 Å². The number of sulfone groups is 1. The molecule has 1 atom stereocenters. The Morgan fingerprint density at radius 2 is 2.00 bits per heavy atom. The van der Waals surface area contributed by atoms with E-state index < -0.39 is 9.84 Å². The van der Waals surface area contributed by atoms with Crippen molar-refractivity contribution in [3.63, 3.8) is 0 Å². The van der Waals surface area contributed by atoms with Gasteiger partial charge >= 0.3 is 0 Å². The molecule has 0 aromatic carbocycles. The normalized spacial score (nSPS) is 14.8. The molecule has 0 aromatic heterocycles. The summed E-state index contributed by atoms with van der Waals surface area (Å²) >= 11 is 0. The smallest absolute Gasteiger partial charge is 0.147 e. The number of hydrogen-bond donors (Lipinski definition) is 1. The van der Waals surface area contributed by atoms with E-state index in [1.54, 1.807) is 0 Å². The molecule has 0 aliphatic heterocycles. The summed E-state index contributed by atoms with van der Waals surface area (Å²) in [6.45, 7) is 2.93. The summed E-state index contributed by atoms with van der Waals surface area (Å²) in [6, 6.07) is 0.